The van der Waals surface area contributed by atoms with Crippen molar-refractivity contribution in [1.82, 2.24) is 4.98 Å². The van der Waals surface area contributed by atoms with Gasteiger partial charge in [-0.25, -0.2) is 13.6 Å². The van der Waals surface area contributed by atoms with Crippen LogP contribution in [-0.4, -0.2) is 17.6 Å². The summed E-state index contributed by atoms with van der Waals surface area (Å²) >= 11 is 0. The number of aromatic amines is 1. The van der Waals surface area contributed by atoms with E-state index < -0.39 is 29.1 Å². The maximum absolute atomic E-state index is 12.5. The summed E-state index contributed by atoms with van der Waals surface area (Å²) in [5.41, 5.74) is -2.22. The zero-order chi connectivity index (χ0) is 11.4. The summed E-state index contributed by atoms with van der Waals surface area (Å²) in [4.78, 5) is 24.3. The molecule has 0 spiro atoms. The number of ether oxygens (including phenoxy) is 1. The number of hydrogen-bond donors (Lipinski definition) is 1. The van der Waals surface area contributed by atoms with Crippen LogP contribution in [0.4, 0.5) is 8.78 Å². The monoisotopic (exact) mass is 217 g/mol. The van der Waals surface area contributed by atoms with Crippen LogP contribution in [0.5, 0.6) is 0 Å². The van der Waals surface area contributed by atoms with Gasteiger partial charge in [0.2, 0.25) is 0 Å². The molecule has 0 aliphatic carbocycles. The second-order valence-electron chi connectivity index (χ2n) is 2.66. The molecule has 0 aromatic carbocycles. The van der Waals surface area contributed by atoms with Crippen LogP contribution < -0.4 is 5.56 Å². The number of rotatable bonds is 3. The normalized spacial score (nSPS) is 10.4. The molecule has 0 bridgehead atoms. The summed E-state index contributed by atoms with van der Waals surface area (Å²) < 4.78 is 29.5. The molecule has 0 atom stereocenters. The summed E-state index contributed by atoms with van der Waals surface area (Å²) in [6.45, 7) is 1.61. The van der Waals surface area contributed by atoms with Gasteiger partial charge in [0.1, 0.15) is 0 Å². The molecule has 0 saturated heterocycles. The highest BCUT2D eigenvalue weighted by molar-refractivity contribution is 5.90. The van der Waals surface area contributed by atoms with E-state index in [-0.39, 0.29) is 6.61 Å². The fourth-order valence-corrected chi connectivity index (χ4v) is 1.09. The molecule has 0 aliphatic heterocycles. The van der Waals surface area contributed by atoms with E-state index in [0.717, 1.165) is 12.3 Å². The van der Waals surface area contributed by atoms with Crippen molar-refractivity contribution in [2.24, 2.45) is 0 Å². The van der Waals surface area contributed by atoms with Crippen LogP contribution in [0.25, 0.3) is 0 Å². The standard InChI is InChI=1S/C9H9F2NO3/c1-2-15-9(14)5-3-4-12-8(13)6(5)7(10)11/h3-4,7H,2H2,1H3,(H,12,13). The van der Waals surface area contributed by atoms with E-state index in [2.05, 4.69) is 9.72 Å². The highest BCUT2D eigenvalue weighted by atomic mass is 19.3. The van der Waals surface area contributed by atoms with Crippen molar-refractivity contribution in [3.05, 3.63) is 33.7 Å². The average Bonchev–Trinajstić information content (AvgIpc) is 2.17. The number of halogens is 2. The van der Waals surface area contributed by atoms with E-state index in [1.165, 1.54) is 0 Å². The average molecular weight is 217 g/mol. The number of nitrogens with one attached hydrogen (secondary N) is 1. The van der Waals surface area contributed by atoms with E-state index in [4.69, 9.17) is 0 Å². The maximum atomic E-state index is 12.5. The van der Waals surface area contributed by atoms with Crippen LogP contribution in [0.1, 0.15) is 29.3 Å². The Labute approximate surface area is 83.9 Å². The third-order valence-electron chi connectivity index (χ3n) is 1.71. The van der Waals surface area contributed by atoms with Crippen LogP contribution >= 0.6 is 0 Å². The largest absolute Gasteiger partial charge is 0.462 e. The predicted octanol–water partition coefficient (Wildman–Crippen LogP) is 1.49. The lowest BCUT2D eigenvalue weighted by Gasteiger charge is -2.06. The molecule has 0 fully saturated rings. The first-order valence-corrected chi connectivity index (χ1v) is 4.24. The van der Waals surface area contributed by atoms with Gasteiger partial charge in [-0.05, 0) is 13.0 Å². The van der Waals surface area contributed by atoms with Crippen molar-refractivity contribution in [2.75, 3.05) is 6.61 Å². The number of alkyl halides is 2. The fraction of sp³-hybridized carbons (Fsp3) is 0.333. The molecule has 1 aromatic rings. The number of pyridine rings is 1. The van der Waals surface area contributed by atoms with Crippen molar-refractivity contribution in [1.29, 1.82) is 0 Å². The number of carbonyl (C=O) groups excluding carboxylic acids is 1. The lowest BCUT2D eigenvalue weighted by Crippen LogP contribution is -2.19. The van der Waals surface area contributed by atoms with Gasteiger partial charge in [0.15, 0.2) is 0 Å². The van der Waals surface area contributed by atoms with Crippen molar-refractivity contribution in [3.63, 3.8) is 0 Å². The molecule has 6 heteroatoms. The van der Waals surface area contributed by atoms with Crippen molar-refractivity contribution in [2.45, 2.75) is 13.3 Å². The van der Waals surface area contributed by atoms with Crippen LogP contribution in [-0.2, 0) is 4.74 Å². The topological polar surface area (TPSA) is 59.2 Å². The zero-order valence-electron chi connectivity index (χ0n) is 7.92. The van der Waals surface area contributed by atoms with E-state index in [1.54, 1.807) is 6.92 Å². The molecule has 0 radical (unpaired) electrons. The Kier molecular flexibility index (Phi) is 3.54. The van der Waals surface area contributed by atoms with E-state index in [1.807, 2.05) is 0 Å². The van der Waals surface area contributed by atoms with Crippen LogP contribution in [0.3, 0.4) is 0 Å². The van der Waals surface area contributed by atoms with Gasteiger partial charge in [0.05, 0.1) is 17.7 Å². The Balaban J connectivity index is 3.23. The number of H-pyrrole nitrogens is 1. The molecule has 0 saturated carbocycles. The van der Waals surface area contributed by atoms with Crippen LogP contribution in [0, 0.1) is 0 Å². The number of carbonyl (C=O) groups is 1. The Hall–Kier alpha value is -1.72. The Bertz CT molecular complexity index is 414. The number of aromatic nitrogens is 1. The SMILES string of the molecule is CCOC(=O)c1cc[nH]c(=O)c1C(F)F. The van der Waals surface area contributed by atoms with E-state index in [0.29, 0.717) is 0 Å². The molecular formula is C9H9F2NO3. The molecule has 82 valence electrons. The first-order valence-electron chi connectivity index (χ1n) is 4.24. The molecule has 0 aliphatic rings. The number of esters is 1. The summed E-state index contributed by atoms with van der Waals surface area (Å²) in [5, 5.41) is 0. The molecule has 1 N–H and O–H groups in total. The minimum atomic E-state index is -3.01. The Morgan fingerprint density at radius 2 is 2.27 bits per heavy atom. The summed E-state index contributed by atoms with van der Waals surface area (Å²) in [6.07, 6.45) is -1.88. The minimum absolute atomic E-state index is 0.0638. The fourth-order valence-electron chi connectivity index (χ4n) is 1.09. The minimum Gasteiger partial charge on any atom is -0.462 e. The summed E-state index contributed by atoms with van der Waals surface area (Å²) in [6, 6.07) is 1.10. The van der Waals surface area contributed by atoms with Gasteiger partial charge in [-0.2, -0.15) is 0 Å². The van der Waals surface area contributed by atoms with Gasteiger partial charge >= 0.3 is 5.97 Å². The van der Waals surface area contributed by atoms with Crippen molar-refractivity contribution < 1.29 is 18.3 Å². The van der Waals surface area contributed by atoms with Crippen LogP contribution in [0.15, 0.2) is 17.1 Å². The molecule has 1 aromatic heterocycles. The highest BCUT2D eigenvalue weighted by Gasteiger charge is 2.22. The first-order chi connectivity index (χ1) is 7.07. The molecule has 15 heavy (non-hydrogen) atoms. The van der Waals surface area contributed by atoms with Gasteiger partial charge in [-0.1, -0.05) is 0 Å². The second-order valence-corrected chi connectivity index (χ2v) is 2.66. The van der Waals surface area contributed by atoms with Gasteiger partial charge in [0.25, 0.3) is 12.0 Å². The second kappa shape index (κ2) is 4.68. The lowest BCUT2D eigenvalue weighted by atomic mass is 10.1. The first kappa shape index (κ1) is 11.4. The molecule has 0 unspecified atom stereocenters. The maximum Gasteiger partial charge on any atom is 0.338 e. The van der Waals surface area contributed by atoms with Gasteiger partial charge in [-0.15, -0.1) is 0 Å². The smallest absolute Gasteiger partial charge is 0.338 e. The summed E-state index contributed by atoms with van der Waals surface area (Å²) in [5.74, 6) is -0.918. The Morgan fingerprint density at radius 1 is 1.60 bits per heavy atom. The number of hydrogen-bond acceptors (Lipinski definition) is 3. The zero-order valence-corrected chi connectivity index (χ0v) is 7.92. The summed E-state index contributed by atoms with van der Waals surface area (Å²) in [7, 11) is 0. The lowest BCUT2D eigenvalue weighted by molar-refractivity contribution is 0.0514. The van der Waals surface area contributed by atoms with Gasteiger partial charge < -0.3 is 9.72 Å². The van der Waals surface area contributed by atoms with E-state index >= 15 is 0 Å². The molecule has 0 amide bonds. The van der Waals surface area contributed by atoms with Crippen molar-refractivity contribution in [3.8, 4) is 0 Å². The quantitative estimate of drug-likeness (QED) is 0.780. The molecule has 4 nitrogen and oxygen atoms in total. The molecule has 1 heterocycles. The van der Waals surface area contributed by atoms with Crippen molar-refractivity contribution >= 4 is 5.97 Å². The molecular weight excluding hydrogens is 208 g/mol. The predicted molar refractivity (Wildman–Crippen MR) is 48.0 cm³/mol. The Morgan fingerprint density at radius 3 is 2.80 bits per heavy atom. The highest BCUT2D eigenvalue weighted by Crippen LogP contribution is 2.19. The van der Waals surface area contributed by atoms with Gasteiger partial charge in [0, 0.05) is 6.20 Å². The molecule has 1 rings (SSSR count). The van der Waals surface area contributed by atoms with Gasteiger partial charge in [-0.3, -0.25) is 4.79 Å². The third kappa shape index (κ3) is 2.39. The third-order valence-corrected chi connectivity index (χ3v) is 1.71. The van der Waals surface area contributed by atoms with Crippen LogP contribution in [0.2, 0.25) is 0 Å². The van der Waals surface area contributed by atoms with E-state index in [9.17, 15) is 18.4 Å².